The number of hydrogen-bond acceptors (Lipinski definition) is 6. The van der Waals surface area contributed by atoms with Gasteiger partial charge in [-0.1, -0.05) is 18.2 Å². The molecule has 35 heavy (non-hydrogen) atoms. The van der Waals surface area contributed by atoms with E-state index in [1.807, 2.05) is 24.5 Å². The molecule has 6 nitrogen and oxygen atoms in total. The van der Waals surface area contributed by atoms with Crippen LogP contribution in [0.25, 0.3) is 0 Å². The molecule has 2 saturated heterocycles. The molecule has 2 aliphatic heterocycles. The molecule has 2 aromatic heterocycles. The van der Waals surface area contributed by atoms with Crippen LogP contribution in [0.4, 0.5) is 23.0 Å². The highest BCUT2D eigenvalue weighted by Crippen LogP contribution is 2.36. The Morgan fingerprint density at radius 2 is 1.49 bits per heavy atom. The standard InChI is InChI=1S/C29H38N6/c1-21-19-22(2)29(34-17-18-35(23(3)20-34)27-10-6-8-14-31-27)24(4)28(21)32-25-11-15-33(16-12-25)26-9-5-7-13-30-26/h5-10,13-14,19,23,25,32H,11-12,15-18,20H2,1-4H3/t23-/m0/s1. The van der Waals surface area contributed by atoms with Gasteiger partial charge in [0.1, 0.15) is 11.6 Å². The number of piperidine rings is 1. The van der Waals surface area contributed by atoms with Gasteiger partial charge in [0.05, 0.1) is 0 Å². The maximum absolute atomic E-state index is 4.59. The number of benzene rings is 1. The number of piperazine rings is 1. The highest BCUT2D eigenvalue weighted by molar-refractivity contribution is 5.73. The molecule has 0 unspecified atom stereocenters. The predicted molar refractivity (Wildman–Crippen MR) is 147 cm³/mol. The molecule has 2 aliphatic rings. The van der Waals surface area contributed by atoms with E-state index in [4.69, 9.17) is 0 Å². The van der Waals surface area contributed by atoms with Crippen LogP contribution in [-0.2, 0) is 0 Å². The first kappa shape index (κ1) is 23.5. The zero-order chi connectivity index (χ0) is 24.4. The average molecular weight is 471 g/mol. The van der Waals surface area contributed by atoms with Gasteiger partial charge in [-0.05, 0) is 81.5 Å². The van der Waals surface area contributed by atoms with Gasteiger partial charge in [-0.15, -0.1) is 0 Å². The first-order valence-corrected chi connectivity index (χ1v) is 13.0. The quantitative estimate of drug-likeness (QED) is 0.553. The third-order valence-electron chi connectivity index (χ3n) is 7.64. The normalized spacial score (nSPS) is 19.2. The van der Waals surface area contributed by atoms with Crippen molar-refractivity contribution in [2.75, 3.05) is 52.7 Å². The van der Waals surface area contributed by atoms with Crippen LogP contribution in [0, 0.1) is 20.8 Å². The van der Waals surface area contributed by atoms with Crippen LogP contribution in [-0.4, -0.2) is 54.8 Å². The molecule has 6 heteroatoms. The number of pyridine rings is 2. The van der Waals surface area contributed by atoms with Crippen molar-refractivity contribution in [3.8, 4) is 0 Å². The summed E-state index contributed by atoms with van der Waals surface area (Å²) in [5.41, 5.74) is 6.82. The number of aromatic nitrogens is 2. The Balaban J connectivity index is 1.29. The number of nitrogens with zero attached hydrogens (tertiary/aromatic N) is 5. The lowest BCUT2D eigenvalue weighted by atomic mass is 9.97. The molecule has 0 saturated carbocycles. The molecule has 1 atom stereocenters. The zero-order valence-electron chi connectivity index (χ0n) is 21.5. The Labute approximate surface area is 210 Å². The van der Waals surface area contributed by atoms with E-state index in [1.54, 1.807) is 0 Å². The monoisotopic (exact) mass is 470 g/mol. The molecule has 4 heterocycles. The van der Waals surface area contributed by atoms with Gasteiger partial charge in [0.15, 0.2) is 0 Å². The number of aryl methyl sites for hydroxylation is 2. The van der Waals surface area contributed by atoms with Crippen LogP contribution in [0.5, 0.6) is 0 Å². The van der Waals surface area contributed by atoms with Gasteiger partial charge in [-0.3, -0.25) is 0 Å². The van der Waals surface area contributed by atoms with Crippen LogP contribution in [0.2, 0.25) is 0 Å². The van der Waals surface area contributed by atoms with Crippen LogP contribution in [0.15, 0.2) is 54.9 Å². The fourth-order valence-corrected chi connectivity index (χ4v) is 5.91. The lowest BCUT2D eigenvalue weighted by Crippen LogP contribution is -2.52. The molecule has 0 radical (unpaired) electrons. The summed E-state index contributed by atoms with van der Waals surface area (Å²) in [6.07, 6.45) is 6.02. The third kappa shape index (κ3) is 4.93. The molecule has 1 aromatic carbocycles. The van der Waals surface area contributed by atoms with E-state index in [-0.39, 0.29) is 0 Å². The van der Waals surface area contributed by atoms with Crippen molar-refractivity contribution in [1.82, 2.24) is 9.97 Å². The minimum absolute atomic E-state index is 0.408. The molecular formula is C29H38N6. The maximum Gasteiger partial charge on any atom is 0.128 e. The topological polar surface area (TPSA) is 47.5 Å². The Kier molecular flexibility index (Phi) is 6.80. The highest BCUT2D eigenvalue weighted by Gasteiger charge is 2.28. The van der Waals surface area contributed by atoms with Gasteiger partial charge in [0.25, 0.3) is 0 Å². The lowest BCUT2D eigenvalue weighted by Gasteiger charge is -2.43. The molecule has 2 fully saturated rings. The van der Waals surface area contributed by atoms with Crippen LogP contribution in [0.1, 0.15) is 36.5 Å². The van der Waals surface area contributed by atoms with E-state index in [0.29, 0.717) is 12.1 Å². The lowest BCUT2D eigenvalue weighted by molar-refractivity contribution is 0.523. The summed E-state index contributed by atoms with van der Waals surface area (Å²) >= 11 is 0. The van der Waals surface area contributed by atoms with E-state index < -0.39 is 0 Å². The molecule has 0 amide bonds. The van der Waals surface area contributed by atoms with E-state index in [0.717, 1.165) is 57.2 Å². The minimum atomic E-state index is 0.408. The van der Waals surface area contributed by atoms with Crippen molar-refractivity contribution >= 4 is 23.0 Å². The maximum atomic E-state index is 4.59. The summed E-state index contributed by atoms with van der Waals surface area (Å²) in [6, 6.07) is 15.6. The number of rotatable bonds is 5. The predicted octanol–water partition coefficient (Wildman–Crippen LogP) is 5.20. The molecule has 0 aliphatic carbocycles. The number of hydrogen-bond donors (Lipinski definition) is 1. The highest BCUT2D eigenvalue weighted by atomic mass is 15.3. The molecule has 184 valence electrons. The zero-order valence-corrected chi connectivity index (χ0v) is 21.5. The fourth-order valence-electron chi connectivity index (χ4n) is 5.91. The van der Waals surface area contributed by atoms with Gasteiger partial charge in [-0.25, -0.2) is 9.97 Å². The summed E-state index contributed by atoms with van der Waals surface area (Å²) in [7, 11) is 0. The van der Waals surface area contributed by atoms with Gasteiger partial charge in [-0.2, -0.15) is 0 Å². The minimum Gasteiger partial charge on any atom is -0.382 e. The molecule has 5 rings (SSSR count). The smallest absolute Gasteiger partial charge is 0.128 e. The van der Waals surface area contributed by atoms with Crippen molar-refractivity contribution < 1.29 is 0 Å². The molecule has 3 aromatic rings. The molecule has 1 N–H and O–H groups in total. The van der Waals surface area contributed by atoms with E-state index >= 15 is 0 Å². The first-order chi connectivity index (χ1) is 17.0. The van der Waals surface area contributed by atoms with Gasteiger partial charge < -0.3 is 20.0 Å². The fraction of sp³-hybridized carbons (Fsp3) is 0.448. The van der Waals surface area contributed by atoms with Crippen molar-refractivity contribution in [3.05, 3.63) is 71.5 Å². The van der Waals surface area contributed by atoms with Gasteiger partial charge in [0.2, 0.25) is 0 Å². The van der Waals surface area contributed by atoms with Gasteiger partial charge >= 0.3 is 0 Å². The van der Waals surface area contributed by atoms with Crippen LogP contribution >= 0.6 is 0 Å². The largest absolute Gasteiger partial charge is 0.382 e. The molecule has 0 spiro atoms. The second-order valence-corrected chi connectivity index (χ2v) is 10.1. The van der Waals surface area contributed by atoms with Crippen molar-refractivity contribution in [1.29, 1.82) is 0 Å². The van der Waals surface area contributed by atoms with Crippen LogP contribution in [0.3, 0.4) is 0 Å². The van der Waals surface area contributed by atoms with Crippen molar-refractivity contribution in [2.45, 2.75) is 52.6 Å². The van der Waals surface area contributed by atoms with Gasteiger partial charge in [0, 0.05) is 68.6 Å². The Morgan fingerprint density at radius 3 is 2.11 bits per heavy atom. The van der Waals surface area contributed by atoms with E-state index in [9.17, 15) is 0 Å². The second kappa shape index (κ2) is 10.1. The molecular weight excluding hydrogens is 432 g/mol. The first-order valence-electron chi connectivity index (χ1n) is 13.0. The summed E-state index contributed by atoms with van der Waals surface area (Å²) in [5.74, 6) is 2.17. The van der Waals surface area contributed by atoms with E-state index in [1.165, 1.54) is 28.1 Å². The SMILES string of the molecule is Cc1cc(C)c(N2CCN(c3ccccn3)[C@@H](C)C2)c(C)c1NC1CCN(c2ccccn2)CC1. The van der Waals surface area contributed by atoms with Crippen molar-refractivity contribution in [2.24, 2.45) is 0 Å². The Bertz CT molecular complexity index is 1120. The summed E-state index contributed by atoms with van der Waals surface area (Å²) in [4.78, 5) is 16.6. The summed E-state index contributed by atoms with van der Waals surface area (Å²) < 4.78 is 0. The molecule has 0 bridgehead atoms. The summed E-state index contributed by atoms with van der Waals surface area (Å²) in [6.45, 7) is 14.2. The second-order valence-electron chi connectivity index (χ2n) is 10.1. The van der Waals surface area contributed by atoms with Crippen molar-refractivity contribution in [3.63, 3.8) is 0 Å². The number of anilines is 4. The summed E-state index contributed by atoms with van der Waals surface area (Å²) in [5, 5.41) is 3.95. The van der Waals surface area contributed by atoms with E-state index in [2.05, 4.69) is 88.0 Å². The third-order valence-corrected chi connectivity index (χ3v) is 7.64. The number of nitrogens with one attached hydrogen (secondary N) is 1. The Morgan fingerprint density at radius 1 is 0.800 bits per heavy atom. The van der Waals surface area contributed by atoms with Crippen LogP contribution < -0.4 is 20.0 Å². The Hall–Kier alpha value is -3.28. The average Bonchev–Trinajstić information content (AvgIpc) is 2.88.